The lowest BCUT2D eigenvalue weighted by molar-refractivity contribution is -0.378. The van der Waals surface area contributed by atoms with Gasteiger partial charge in [-0.05, 0) is 6.92 Å². The van der Waals surface area contributed by atoms with Crippen molar-refractivity contribution in [3.8, 4) is 0 Å². The number of ether oxygens (including phenoxy) is 6. The maximum Gasteiger partial charge on any atom is 0.187 e. The Balaban J connectivity index is 1.71. The van der Waals surface area contributed by atoms with Crippen molar-refractivity contribution >= 4 is 0 Å². The van der Waals surface area contributed by atoms with E-state index in [1.165, 1.54) is 0 Å². The van der Waals surface area contributed by atoms with Crippen molar-refractivity contribution in [3.05, 3.63) is 0 Å². The van der Waals surface area contributed by atoms with Crippen molar-refractivity contribution < 1.29 is 79.5 Å². The molecule has 16 heteroatoms. The third-order valence-corrected chi connectivity index (χ3v) is 6.42. The van der Waals surface area contributed by atoms with Gasteiger partial charge in [0.05, 0.1) is 19.8 Å². The van der Waals surface area contributed by atoms with E-state index in [0.29, 0.717) is 0 Å². The highest BCUT2D eigenvalue weighted by molar-refractivity contribution is 4.96. The van der Waals surface area contributed by atoms with Crippen molar-refractivity contribution in [2.45, 2.75) is 99.0 Å². The zero-order valence-electron chi connectivity index (χ0n) is 19.4. The largest absolute Gasteiger partial charge is 0.394 e. The Morgan fingerprint density at radius 1 is 0.528 bits per heavy atom. The molecular formula is C20H36O16. The van der Waals surface area contributed by atoms with E-state index >= 15 is 0 Å². The van der Waals surface area contributed by atoms with Crippen molar-refractivity contribution in [3.63, 3.8) is 0 Å². The molecule has 3 rings (SSSR count). The molecule has 10 N–H and O–H groups in total. The Morgan fingerprint density at radius 2 is 0.917 bits per heavy atom. The molecule has 36 heavy (non-hydrogen) atoms. The molecule has 212 valence electrons. The van der Waals surface area contributed by atoms with Crippen molar-refractivity contribution in [1.29, 1.82) is 0 Å². The molecule has 0 saturated carbocycles. The summed E-state index contributed by atoms with van der Waals surface area (Å²) in [5.41, 5.74) is 0. The normalized spacial score (nSPS) is 50.2. The Bertz CT molecular complexity index is 666. The van der Waals surface area contributed by atoms with Crippen LogP contribution >= 0.6 is 0 Å². The van der Waals surface area contributed by atoms with E-state index in [-0.39, 0.29) is 6.61 Å². The molecule has 3 fully saturated rings. The number of hydrogen-bond donors (Lipinski definition) is 10. The van der Waals surface area contributed by atoms with Crippen LogP contribution in [0.5, 0.6) is 0 Å². The summed E-state index contributed by atoms with van der Waals surface area (Å²) >= 11 is 0. The Labute approximate surface area is 205 Å². The van der Waals surface area contributed by atoms with Gasteiger partial charge in [0.2, 0.25) is 0 Å². The standard InChI is InChI=1S/C20H36O16/c1-2-31-15-6(3-21)33-19(13(28)10(15)25)36-17-8(5-23)34-20(14(29)11(17)26)35-16-7(4-22)32-18(30)12(27)9(16)24/h6-30H,2-5H2,1H3. The van der Waals surface area contributed by atoms with Crippen LogP contribution in [0.1, 0.15) is 6.92 Å². The predicted molar refractivity (Wildman–Crippen MR) is 111 cm³/mol. The molecule has 0 aromatic carbocycles. The van der Waals surface area contributed by atoms with Gasteiger partial charge in [-0.15, -0.1) is 0 Å². The summed E-state index contributed by atoms with van der Waals surface area (Å²) in [6.07, 6.45) is -23.7. The monoisotopic (exact) mass is 532 g/mol. The Kier molecular flexibility index (Phi) is 10.8. The molecule has 3 heterocycles. The molecule has 3 saturated heterocycles. The maximum atomic E-state index is 10.7. The van der Waals surface area contributed by atoms with Gasteiger partial charge in [-0.1, -0.05) is 0 Å². The second-order valence-corrected chi connectivity index (χ2v) is 8.76. The van der Waals surface area contributed by atoms with Gasteiger partial charge in [0.1, 0.15) is 73.2 Å². The highest BCUT2D eigenvalue weighted by Gasteiger charge is 2.53. The predicted octanol–water partition coefficient (Wildman–Crippen LogP) is -6.53. The lowest BCUT2D eigenvalue weighted by Gasteiger charge is -2.48. The third kappa shape index (κ3) is 5.99. The fourth-order valence-corrected chi connectivity index (χ4v) is 4.44. The summed E-state index contributed by atoms with van der Waals surface area (Å²) in [6.45, 7) is -0.345. The second kappa shape index (κ2) is 12.9. The fraction of sp³-hybridized carbons (Fsp3) is 1.00. The van der Waals surface area contributed by atoms with E-state index in [1.807, 2.05) is 0 Å². The first kappa shape index (κ1) is 29.9. The molecule has 0 aromatic heterocycles. The van der Waals surface area contributed by atoms with Crippen LogP contribution in [0.15, 0.2) is 0 Å². The zero-order chi connectivity index (χ0) is 26.7. The van der Waals surface area contributed by atoms with Crippen LogP contribution in [0.4, 0.5) is 0 Å². The molecule has 16 nitrogen and oxygen atoms in total. The Hall–Kier alpha value is -0.640. The first-order chi connectivity index (χ1) is 17.1. The fourth-order valence-electron chi connectivity index (χ4n) is 4.44. The van der Waals surface area contributed by atoms with Gasteiger partial charge in [0, 0.05) is 6.61 Å². The summed E-state index contributed by atoms with van der Waals surface area (Å²) in [5, 5.41) is 101. The summed E-state index contributed by atoms with van der Waals surface area (Å²) in [4.78, 5) is 0. The minimum atomic E-state index is -1.89. The molecule has 15 atom stereocenters. The van der Waals surface area contributed by atoms with E-state index in [2.05, 4.69) is 0 Å². The lowest BCUT2D eigenvalue weighted by atomic mass is 9.96. The van der Waals surface area contributed by atoms with E-state index in [1.54, 1.807) is 6.92 Å². The molecule has 3 aliphatic rings. The Morgan fingerprint density at radius 3 is 1.36 bits per heavy atom. The first-order valence-corrected chi connectivity index (χ1v) is 11.6. The second-order valence-electron chi connectivity index (χ2n) is 8.76. The summed E-state index contributed by atoms with van der Waals surface area (Å²) < 4.78 is 32.3. The molecule has 0 aromatic rings. The summed E-state index contributed by atoms with van der Waals surface area (Å²) in [7, 11) is 0. The topological polar surface area (TPSA) is 258 Å². The average molecular weight is 532 g/mol. The summed E-state index contributed by atoms with van der Waals surface area (Å²) in [5.74, 6) is 0. The van der Waals surface area contributed by atoms with E-state index in [0.717, 1.165) is 0 Å². The molecule has 0 amide bonds. The third-order valence-electron chi connectivity index (χ3n) is 6.42. The zero-order valence-corrected chi connectivity index (χ0v) is 19.4. The van der Waals surface area contributed by atoms with Gasteiger partial charge in [-0.3, -0.25) is 0 Å². The van der Waals surface area contributed by atoms with Gasteiger partial charge in [0.15, 0.2) is 18.9 Å². The quantitative estimate of drug-likeness (QED) is 0.132. The van der Waals surface area contributed by atoms with E-state index in [9.17, 15) is 51.1 Å². The van der Waals surface area contributed by atoms with Gasteiger partial charge in [0.25, 0.3) is 0 Å². The lowest BCUT2D eigenvalue weighted by Crippen LogP contribution is -2.66. The number of aliphatic hydroxyl groups is 10. The van der Waals surface area contributed by atoms with Gasteiger partial charge >= 0.3 is 0 Å². The van der Waals surface area contributed by atoms with Crippen molar-refractivity contribution in [2.24, 2.45) is 0 Å². The van der Waals surface area contributed by atoms with E-state index < -0.39 is 112 Å². The highest BCUT2D eigenvalue weighted by Crippen LogP contribution is 2.32. The van der Waals surface area contributed by atoms with E-state index in [4.69, 9.17) is 28.4 Å². The van der Waals surface area contributed by atoms with Crippen LogP contribution in [0.3, 0.4) is 0 Å². The average Bonchev–Trinajstić information content (AvgIpc) is 2.87. The van der Waals surface area contributed by atoms with Crippen LogP contribution in [-0.4, -0.2) is 170 Å². The summed E-state index contributed by atoms with van der Waals surface area (Å²) in [6, 6.07) is 0. The smallest absolute Gasteiger partial charge is 0.187 e. The van der Waals surface area contributed by atoms with Gasteiger partial charge in [-0.2, -0.15) is 0 Å². The SMILES string of the molecule is CCOC1C(CO)OC(OC2C(CO)OC(OC3C(CO)OC(O)C(O)C3O)C(O)C2O)C(O)C1O. The van der Waals surface area contributed by atoms with Gasteiger partial charge < -0.3 is 79.5 Å². The highest BCUT2D eigenvalue weighted by atomic mass is 16.8. The molecule has 0 aliphatic carbocycles. The minimum Gasteiger partial charge on any atom is -0.394 e. The molecule has 3 aliphatic heterocycles. The molecule has 15 unspecified atom stereocenters. The minimum absolute atomic E-state index is 0.156. The number of hydrogen-bond acceptors (Lipinski definition) is 16. The van der Waals surface area contributed by atoms with Crippen LogP contribution in [0.25, 0.3) is 0 Å². The molecular weight excluding hydrogens is 496 g/mol. The van der Waals surface area contributed by atoms with Crippen LogP contribution in [0, 0.1) is 0 Å². The van der Waals surface area contributed by atoms with Crippen molar-refractivity contribution in [1.82, 2.24) is 0 Å². The molecule has 0 radical (unpaired) electrons. The molecule has 0 spiro atoms. The number of aliphatic hydroxyl groups excluding tert-OH is 10. The van der Waals surface area contributed by atoms with Crippen LogP contribution in [0.2, 0.25) is 0 Å². The van der Waals surface area contributed by atoms with Crippen molar-refractivity contribution in [2.75, 3.05) is 26.4 Å². The maximum absolute atomic E-state index is 10.7. The van der Waals surface area contributed by atoms with Crippen LogP contribution in [-0.2, 0) is 28.4 Å². The molecule has 0 bridgehead atoms. The van der Waals surface area contributed by atoms with Gasteiger partial charge in [-0.25, -0.2) is 0 Å². The number of rotatable bonds is 9. The van der Waals surface area contributed by atoms with Crippen LogP contribution < -0.4 is 0 Å². The first-order valence-electron chi connectivity index (χ1n) is 11.6.